The van der Waals surface area contributed by atoms with Crippen molar-refractivity contribution >= 4 is 23.2 Å². The number of benzene rings is 1. The van der Waals surface area contributed by atoms with Crippen molar-refractivity contribution in [1.82, 2.24) is 5.32 Å². The van der Waals surface area contributed by atoms with Crippen molar-refractivity contribution in [3.8, 4) is 0 Å². The SMILES string of the molecule is Cc1c(Cl)cc(C2CNC2)cc1Cl. The van der Waals surface area contributed by atoms with Crippen LogP contribution < -0.4 is 5.32 Å². The van der Waals surface area contributed by atoms with Crippen molar-refractivity contribution in [2.75, 3.05) is 13.1 Å². The van der Waals surface area contributed by atoms with Gasteiger partial charge in [0.25, 0.3) is 0 Å². The van der Waals surface area contributed by atoms with Gasteiger partial charge in [0.15, 0.2) is 0 Å². The predicted molar refractivity (Wildman–Crippen MR) is 56.8 cm³/mol. The Morgan fingerprint density at radius 3 is 2.15 bits per heavy atom. The molecule has 1 fully saturated rings. The number of nitrogens with one attached hydrogen (secondary N) is 1. The maximum atomic E-state index is 6.04. The Hall–Kier alpha value is -0.240. The second kappa shape index (κ2) is 3.49. The molecule has 0 aromatic heterocycles. The first-order valence-corrected chi connectivity index (χ1v) is 5.10. The van der Waals surface area contributed by atoms with Gasteiger partial charge in [-0.05, 0) is 30.2 Å². The van der Waals surface area contributed by atoms with E-state index in [1.165, 1.54) is 5.56 Å². The highest BCUT2D eigenvalue weighted by Gasteiger charge is 2.20. The molecule has 0 radical (unpaired) electrons. The second-order valence-electron chi connectivity index (χ2n) is 3.46. The van der Waals surface area contributed by atoms with E-state index in [2.05, 4.69) is 5.32 Å². The zero-order chi connectivity index (χ0) is 9.42. The van der Waals surface area contributed by atoms with Crippen molar-refractivity contribution in [3.63, 3.8) is 0 Å². The lowest BCUT2D eigenvalue weighted by molar-refractivity contribution is 0.448. The third-order valence-electron chi connectivity index (χ3n) is 2.56. The van der Waals surface area contributed by atoms with E-state index >= 15 is 0 Å². The molecular formula is C10H11Cl2N. The molecule has 3 heteroatoms. The third-order valence-corrected chi connectivity index (χ3v) is 3.34. The van der Waals surface area contributed by atoms with Gasteiger partial charge in [-0.3, -0.25) is 0 Å². The van der Waals surface area contributed by atoms with Gasteiger partial charge in [0.05, 0.1) is 0 Å². The van der Waals surface area contributed by atoms with Crippen molar-refractivity contribution < 1.29 is 0 Å². The molecule has 70 valence electrons. The van der Waals surface area contributed by atoms with Crippen molar-refractivity contribution in [2.24, 2.45) is 0 Å². The van der Waals surface area contributed by atoms with Crippen LogP contribution in [-0.4, -0.2) is 13.1 Å². The van der Waals surface area contributed by atoms with Crippen LogP contribution in [0.15, 0.2) is 12.1 Å². The van der Waals surface area contributed by atoms with E-state index in [-0.39, 0.29) is 0 Å². The van der Waals surface area contributed by atoms with Gasteiger partial charge in [0.1, 0.15) is 0 Å². The fourth-order valence-electron chi connectivity index (χ4n) is 1.42. The fraction of sp³-hybridized carbons (Fsp3) is 0.400. The van der Waals surface area contributed by atoms with Gasteiger partial charge in [-0.2, -0.15) is 0 Å². The summed E-state index contributed by atoms with van der Waals surface area (Å²) in [6.45, 7) is 4.01. The van der Waals surface area contributed by atoms with E-state index in [1.807, 2.05) is 19.1 Å². The summed E-state index contributed by atoms with van der Waals surface area (Å²) in [4.78, 5) is 0. The van der Waals surface area contributed by atoms with Gasteiger partial charge in [0.2, 0.25) is 0 Å². The first-order valence-electron chi connectivity index (χ1n) is 4.34. The molecule has 0 saturated carbocycles. The molecule has 1 aliphatic heterocycles. The van der Waals surface area contributed by atoms with Crippen molar-refractivity contribution in [3.05, 3.63) is 33.3 Å². The number of halogens is 2. The standard InChI is InChI=1S/C10H11Cl2N/c1-6-9(11)2-7(3-10(6)12)8-4-13-5-8/h2-3,8,13H,4-5H2,1H3. The summed E-state index contributed by atoms with van der Waals surface area (Å²) < 4.78 is 0. The molecule has 0 atom stereocenters. The van der Waals surface area contributed by atoms with Crippen LogP contribution in [0.1, 0.15) is 17.0 Å². The summed E-state index contributed by atoms with van der Waals surface area (Å²) in [6, 6.07) is 4.04. The van der Waals surface area contributed by atoms with Crippen LogP contribution in [0.25, 0.3) is 0 Å². The Balaban J connectivity index is 2.37. The summed E-state index contributed by atoms with van der Waals surface area (Å²) >= 11 is 12.1. The average molecular weight is 216 g/mol. The maximum absolute atomic E-state index is 6.04. The molecule has 1 saturated heterocycles. The Kier molecular flexibility index (Phi) is 2.50. The zero-order valence-corrected chi connectivity index (χ0v) is 8.91. The van der Waals surface area contributed by atoms with Gasteiger partial charge >= 0.3 is 0 Å². The van der Waals surface area contributed by atoms with Gasteiger partial charge in [-0.25, -0.2) is 0 Å². The normalized spacial score (nSPS) is 17.2. The third kappa shape index (κ3) is 1.69. The number of hydrogen-bond donors (Lipinski definition) is 1. The lowest BCUT2D eigenvalue weighted by Gasteiger charge is -2.28. The van der Waals surface area contributed by atoms with E-state index in [9.17, 15) is 0 Å². The van der Waals surface area contributed by atoms with E-state index < -0.39 is 0 Å². The lowest BCUT2D eigenvalue weighted by atomic mass is 9.93. The largest absolute Gasteiger partial charge is 0.315 e. The predicted octanol–water partition coefficient (Wildman–Crippen LogP) is 2.99. The van der Waals surface area contributed by atoms with Crippen LogP contribution in [0.4, 0.5) is 0 Å². The summed E-state index contributed by atoms with van der Waals surface area (Å²) in [5, 5.41) is 4.77. The highest BCUT2D eigenvalue weighted by Crippen LogP contribution is 2.30. The minimum absolute atomic E-state index is 0.593. The highest BCUT2D eigenvalue weighted by atomic mass is 35.5. The molecular weight excluding hydrogens is 205 g/mol. The molecule has 0 amide bonds. The molecule has 0 aliphatic carbocycles. The molecule has 1 aromatic rings. The number of hydrogen-bond acceptors (Lipinski definition) is 1. The van der Waals surface area contributed by atoms with Crippen LogP contribution in [-0.2, 0) is 0 Å². The summed E-state index contributed by atoms with van der Waals surface area (Å²) in [5.74, 6) is 0.593. The Morgan fingerprint density at radius 1 is 1.23 bits per heavy atom. The second-order valence-corrected chi connectivity index (χ2v) is 4.28. The average Bonchev–Trinajstić information content (AvgIpc) is 1.96. The molecule has 0 bridgehead atoms. The molecule has 1 aromatic carbocycles. The summed E-state index contributed by atoms with van der Waals surface area (Å²) in [6.07, 6.45) is 0. The molecule has 2 rings (SSSR count). The molecule has 1 heterocycles. The van der Waals surface area contributed by atoms with E-state index in [0.29, 0.717) is 5.92 Å². The Bertz CT molecular complexity index is 309. The molecule has 1 nitrogen and oxygen atoms in total. The van der Waals surface area contributed by atoms with E-state index in [0.717, 1.165) is 28.7 Å². The fourth-order valence-corrected chi connectivity index (χ4v) is 1.93. The zero-order valence-electron chi connectivity index (χ0n) is 7.40. The van der Waals surface area contributed by atoms with Gasteiger partial charge in [-0.15, -0.1) is 0 Å². The first kappa shape index (κ1) is 9.32. The van der Waals surface area contributed by atoms with Crippen LogP contribution in [0.5, 0.6) is 0 Å². The van der Waals surface area contributed by atoms with E-state index in [1.54, 1.807) is 0 Å². The molecule has 0 unspecified atom stereocenters. The van der Waals surface area contributed by atoms with Crippen LogP contribution in [0.3, 0.4) is 0 Å². The maximum Gasteiger partial charge on any atom is 0.0452 e. The molecule has 1 aliphatic rings. The molecule has 13 heavy (non-hydrogen) atoms. The highest BCUT2D eigenvalue weighted by molar-refractivity contribution is 6.36. The van der Waals surface area contributed by atoms with Crippen molar-refractivity contribution in [1.29, 1.82) is 0 Å². The topological polar surface area (TPSA) is 12.0 Å². The van der Waals surface area contributed by atoms with Gasteiger partial charge in [0, 0.05) is 29.1 Å². The van der Waals surface area contributed by atoms with Gasteiger partial charge < -0.3 is 5.32 Å². The quantitative estimate of drug-likeness (QED) is 0.760. The Morgan fingerprint density at radius 2 is 1.77 bits per heavy atom. The van der Waals surface area contributed by atoms with Crippen molar-refractivity contribution in [2.45, 2.75) is 12.8 Å². The molecule has 0 spiro atoms. The lowest BCUT2D eigenvalue weighted by Crippen LogP contribution is -2.39. The Labute approximate surface area is 88.0 Å². The summed E-state index contributed by atoms with van der Waals surface area (Å²) in [7, 11) is 0. The van der Waals surface area contributed by atoms with Gasteiger partial charge in [-0.1, -0.05) is 23.2 Å². The first-order chi connectivity index (χ1) is 6.18. The van der Waals surface area contributed by atoms with E-state index in [4.69, 9.17) is 23.2 Å². The minimum atomic E-state index is 0.593. The smallest absolute Gasteiger partial charge is 0.0452 e. The monoisotopic (exact) mass is 215 g/mol. The minimum Gasteiger partial charge on any atom is -0.315 e. The number of rotatable bonds is 1. The molecule has 1 N–H and O–H groups in total. The van der Waals surface area contributed by atoms with Crippen LogP contribution in [0, 0.1) is 6.92 Å². The van der Waals surface area contributed by atoms with Crippen LogP contribution in [0.2, 0.25) is 10.0 Å². The van der Waals surface area contributed by atoms with Crippen LogP contribution >= 0.6 is 23.2 Å². The summed E-state index contributed by atoms with van der Waals surface area (Å²) in [5.41, 5.74) is 2.22.